The van der Waals surface area contributed by atoms with Gasteiger partial charge in [-0.1, -0.05) is 90.5 Å². The van der Waals surface area contributed by atoms with Gasteiger partial charge in [-0.25, -0.2) is 0 Å². The van der Waals surface area contributed by atoms with Crippen molar-refractivity contribution < 1.29 is 13.2 Å². The average Bonchev–Trinajstić information content (AvgIpc) is 2.79. The van der Waals surface area contributed by atoms with E-state index in [0.29, 0.717) is 18.7 Å². The smallest absolute Gasteiger partial charge is 0.282 e. The lowest BCUT2D eigenvalue weighted by Gasteiger charge is -2.34. The van der Waals surface area contributed by atoms with Crippen molar-refractivity contribution in [1.82, 2.24) is 0 Å². The number of benzene rings is 3. The van der Waals surface area contributed by atoms with Crippen LogP contribution in [0.5, 0.6) is 0 Å². The van der Waals surface area contributed by atoms with Gasteiger partial charge in [0.1, 0.15) is 0 Å². The maximum absolute atomic E-state index is 13.2. The molecule has 5 heteroatoms. The minimum absolute atomic E-state index is 0.179. The van der Waals surface area contributed by atoms with Crippen LogP contribution in [0.1, 0.15) is 29.2 Å². The third-order valence-electron chi connectivity index (χ3n) is 5.43. The Bertz CT molecular complexity index is 1180. The van der Waals surface area contributed by atoms with Crippen molar-refractivity contribution >= 4 is 15.7 Å². The Morgan fingerprint density at radius 3 is 2.19 bits per heavy atom. The van der Waals surface area contributed by atoms with Gasteiger partial charge < -0.3 is 4.74 Å². The normalized spacial score (nSPS) is 19.9. The highest BCUT2D eigenvalue weighted by Gasteiger charge is 2.34. The van der Waals surface area contributed by atoms with Crippen LogP contribution in [0.15, 0.2) is 106 Å². The van der Waals surface area contributed by atoms with Gasteiger partial charge in [-0.05, 0) is 36.6 Å². The van der Waals surface area contributed by atoms with E-state index in [4.69, 9.17) is 4.74 Å². The van der Waals surface area contributed by atoms with E-state index in [-0.39, 0.29) is 16.9 Å². The zero-order valence-corrected chi connectivity index (χ0v) is 18.3. The summed E-state index contributed by atoms with van der Waals surface area (Å²) in [5.41, 5.74) is 4.18. The maximum Gasteiger partial charge on any atom is 0.282 e. The van der Waals surface area contributed by atoms with E-state index in [1.807, 2.05) is 67.6 Å². The number of hydrogen-bond donors (Lipinski definition) is 0. The van der Waals surface area contributed by atoms with Gasteiger partial charge in [-0.2, -0.15) is 12.8 Å². The number of rotatable bonds is 5. The Morgan fingerprint density at radius 2 is 1.55 bits per heavy atom. The minimum Gasteiger partial charge on any atom is -0.368 e. The molecule has 31 heavy (non-hydrogen) atoms. The SMILES string of the molecule is C=C1CO[C@@H](c2ccccc2)[C@H](/C(=N\S(=O)(=O)c2ccc(C)cc2)c2ccccc2)C1. The first-order valence-electron chi connectivity index (χ1n) is 10.2. The summed E-state index contributed by atoms with van der Waals surface area (Å²) in [5.74, 6) is -0.272. The third kappa shape index (κ3) is 4.84. The Hall–Kier alpha value is -3.02. The summed E-state index contributed by atoms with van der Waals surface area (Å²) >= 11 is 0. The number of sulfonamides is 1. The zero-order valence-electron chi connectivity index (χ0n) is 17.4. The summed E-state index contributed by atoms with van der Waals surface area (Å²) in [6.07, 6.45) is 0.301. The van der Waals surface area contributed by atoms with Gasteiger partial charge in [0.05, 0.1) is 23.3 Å². The number of ether oxygens (including phenoxy) is 1. The van der Waals surface area contributed by atoms with Gasteiger partial charge >= 0.3 is 0 Å². The highest BCUT2D eigenvalue weighted by Crippen LogP contribution is 2.38. The molecule has 3 aromatic rings. The van der Waals surface area contributed by atoms with Crippen LogP contribution in [-0.2, 0) is 14.8 Å². The number of aryl methyl sites for hydroxylation is 1. The molecule has 2 atom stereocenters. The Balaban J connectivity index is 1.85. The average molecular weight is 432 g/mol. The molecule has 1 heterocycles. The number of nitrogens with zero attached hydrogens (tertiary/aromatic N) is 1. The van der Waals surface area contributed by atoms with Crippen molar-refractivity contribution in [3.05, 3.63) is 114 Å². The second kappa shape index (κ2) is 9.00. The van der Waals surface area contributed by atoms with E-state index in [1.54, 1.807) is 24.3 Å². The molecular formula is C26H25NO3S. The molecular weight excluding hydrogens is 406 g/mol. The Kier molecular flexibility index (Phi) is 6.16. The first-order valence-corrected chi connectivity index (χ1v) is 11.7. The van der Waals surface area contributed by atoms with Gasteiger partial charge in [-0.15, -0.1) is 0 Å². The highest BCUT2D eigenvalue weighted by molar-refractivity contribution is 7.90. The van der Waals surface area contributed by atoms with Crippen molar-refractivity contribution in [2.75, 3.05) is 6.61 Å². The first kappa shape index (κ1) is 21.2. The molecule has 0 aliphatic carbocycles. The molecule has 0 spiro atoms. The van der Waals surface area contributed by atoms with Crippen molar-refractivity contribution in [1.29, 1.82) is 0 Å². The van der Waals surface area contributed by atoms with Crippen molar-refractivity contribution in [2.24, 2.45) is 10.3 Å². The van der Waals surface area contributed by atoms with Gasteiger partial charge in [0.15, 0.2) is 0 Å². The predicted octanol–water partition coefficient (Wildman–Crippen LogP) is 5.51. The monoisotopic (exact) mass is 431 g/mol. The fourth-order valence-electron chi connectivity index (χ4n) is 3.85. The minimum atomic E-state index is -3.89. The quantitative estimate of drug-likeness (QED) is 0.395. The lowest BCUT2D eigenvalue weighted by molar-refractivity contribution is 0.0210. The fraction of sp³-hybridized carbons (Fsp3) is 0.192. The van der Waals surface area contributed by atoms with Crippen LogP contribution in [0.2, 0.25) is 0 Å². The Morgan fingerprint density at radius 1 is 0.935 bits per heavy atom. The van der Waals surface area contributed by atoms with Crippen LogP contribution in [-0.4, -0.2) is 20.7 Å². The van der Waals surface area contributed by atoms with E-state index in [1.165, 1.54) is 0 Å². The largest absolute Gasteiger partial charge is 0.368 e. The van der Waals surface area contributed by atoms with Crippen LogP contribution in [0, 0.1) is 12.8 Å². The molecule has 1 saturated heterocycles. The first-order chi connectivity index (χ1) is 14.9. The maximum atomic E-state index is 13.2. The standard InChI is InChI=1S/C26H25NO3S/c1-19-13-15-23(16-14-19)31(28,29)27-25(21-9-5-3-6-10-21)24-17-20(2)18-30-26(24)22-11-7-4-8-12-22/h3-16,24,26H,2,17-18H2,1H3/b27-25-/t24-,26-/m0/s1. The molecule has 0 unspecified atom stereocenters. The van der Waals surface area contributed by atoms with E-state index in [2.05, 4.69) is 11.0 Å². The van der Waals surface area contributed by atoms with Crippen molar-refractivity contribution in [3.63, 3.8) is 0 Å². The molecule has 4 nitrogen and oxygen atoms in total. The summed E-state index contributed by atoms with van der Waals surface area (Å²) in [7, 11) is -3.89. The molecule has 4 rings (SSSR count). The van der Waals surface area contributed by atoms with Gasteiger partial charge in [0.25, 0.3) is 10.0 Å². The molecule has 0 N–H and O–H groups in total. The molecule has 0 radical (unpaired) electrons. The molecule has 1 aliphatic heterocycles. The highest BCUT2D eigenvalue weighted by atomic mass is 32.2. The van der Waals surface area contributed by atoms with Crippen molar-refractivity contribution in [3.8, 4) is 0 Å². The summed E-state index contributed by atoms with van der Waals surface area (Å²) in [5, 5.41) is 0. The molecule has 0 aromatic heterocycles. The van der Waals surface area contributed by atoms with Crippen LogP contribution in [0.25, 0.3) is 0 Å². The topological polar surface area (TPSA) is 55.7 Å². The van der Waals surface area contributed by atoms with Gasteiger partial charge in [-0.3, -0.25) is 0 Å². The molecule has 1 aliphatic rings. The molecule has 0 bridgehead atoms. The fourth-order valence-corrected chi connectivity index (χ4v) is 4.93. The number of hydrogen-bond acceptors (Lipinski definition) is 3. The van der Waals surface area contributed by atoms with Crippen LogP contribution >= 0.6 is 0 Å². The van der Waals surface area contributed by atoms with Gasteiger partial charge in [0, 0.05) is 5.92 Å². The molecule has 0 amide bonds. The summed E-state index contributed by atoms with van der Waals surface area (Å²) in [6, 6.07) is 26.1. The van der Waals surface area contributed by atoms with E-state index in [0.717, 1.165) is 22.3 Å². The lowest BCUT2D eigenvalue weighted by Crippen LogP contribution is -2.31. The van der Waals surface area contributed by atoms with E-state index < -0.39 is 10.0 Å². The van der Waals surface area contributed by atoms with Gasteiger partial charge in [0.2, 0.25) is 0 Å². The molecule has 1 fully saturated rings. The molecule has 0 saturated carbocycles. The van der Waals surface area contributed by atoms with Crippen LogP contribution in [0.3, 0.4) is 0 Å². The molecule has 3 aromatic carbocycles. The summed E-state index contributed by atoms with van der Waals surface area (Å²) in [4.78, 5) is 0.179. The predicted molar refractivity (Wildman–Crippen MR) is 124 cm³/mol. The zero-order chi connectivity index (χ0) is 21.8. The summed E-state index contributed by atoms with van der Waals surface area (Å²) in [6.45, 7) is 6.47. The van der Waals surface area contributed by atoms with Crippen molar-refractivity contribution in [2.45, 2.75) is 24.3 Å². The van der Waals surface area contributed by atoms with Crippen LogP contribution < -0.4 is 0 Å². The molecule has 158 valence electrons. The Labute approximate surface area is 184 Å². The second-order valence-corrected chi connectivity index (χ2v) is 9.44. The second-order valence-electron chi connectivity index (χ2n) is 7.83. The summed E-state index contributed by atoms with van der Waals surface area (Å²) < 4.78 is 37.0. The van der Waals surface area contributed by atoms with E-state index in [9.17, 15) is 8.42 Å². The van der Waals surface area contributed by atoms with Crippen LogP contribution in [0.4, 0.5) is 0 Å². The lowest BCUT2D eigenvalue weighted by atomic mass is 9.82. The third-order valence-corrected chi connectivity index (χ3v) is 6.73. The van der Waals surface area contributed by atoms with E-state index >= 15 is 0 Å².